The SMILES string of the molecule is COCC(CNS(=O)(=O)C1CCCNC1)OC. The van der Waals surface area contributed by atoms with Crippen LogP contribution in [0, 0.1) is 0 Å². The molecule has 1 heterocycles. The number of methoxy groups -OCH3 is 2. The molecule has 1 rings (SSSR count). The van der Waals surface area contributed by atoms with Crippen molar-refractivity contribution >= 4 is 10.0 Å². The highest BCUT2D eigenvalue weighted by Gasteiger charge is 2.27. The van der Waals surface area contributed by atoms with Gasteiger partial charge in [0.05, 0.1) is 18.0 Å². The molecule has 0 radical (unpaired) electrons. The van der Waals surface area contributed by atoms with Gasteiger partial charge in [-0.1, -0.05) is 0 Å². The van der Waals surface area contributed by atoms with E-state index < -0.39 is 10.0 Å². The zero-order valence-electron chi connectivity index (χ0n) is 10.4. The molecule has 102 valence electrons. The van der Waals surface area contributed by atoms with Gasteiger partial charge < -0.3 is 14.8 Å². The van der Waals surface area contributed by atoms with E-state index in [0.29, 0.717) is 19.6 Å². The van der Waals surface area contributed by atoms with Crippen LogP contribution in [0.2, 0.25) is 0 Å². The molecule has 0 aromatic heterocycles. The first-order valence-electron chi connectivity index (χ1n) is 5.81. The molecular weight excluding hydrogens is 244 g/mol. The first-order valence-corrected chi connectivity index (χ1v) is 7.35. The molecule has 2 unspecified atom stereocenters. The van der Waals surface area contributed by atoms with Crippen LogP contribution in [0.15, 0.2) is 0 Å². The summed E-state index contributed by atoms with van der Waals surface area (Å²) in [5.74, 6) is 0. The molecule has 0 bridgehead atoms. The Labute approximate surface area is 103 Å². The minimum Gasteiger partial charge on any atom is -0.382 e. The van der Waals surface area contributed by atoms with Crippen LogP contribution in [-0.2, 0) is 19.5 Å². The van der Waals surface area contributed by atoms with E-state index in [1.165, 1.54) is 0 Å². The van der Waals surface area contributed by atoms with Crippen LogP contribution in [0.5, 0.6) is 0 Å². The number of sulfonamides is 1. The summed E-state index contributed by atoms with van der Waals surface area (Å²) in [6.45, 7) is 2.05. The van der Waals surface area contributed by atoms with Crippen molar-refractivity contribution in [3.8, 4) is 0 Å². The van der Waals surface area contributed by atoms with Crippen molar-refractivity contribution in [3.05, 3.63) is 0 Å². The predicted octanol–water partition coefficient (Wildman–Crippen LogP) is -0.681. The highest BCUT2D eigenvalue weighted by Crippen LogP contribution is 2.10. The van der Waals surface area contributed by atoms with Crippen LogP contribution in [0.1, 0.15) is 12.8 Å². The highest BCUT2D eigenvalue weighted by atomic mass is 32.2. The van der Waals surface area contributed by atoms with Gasteiger partial charge in [-0.2, -0.15) is 0 Å². The second-order valence-corrected chi connectivity index (χ2v) is 6.22. The van der Waals surface area contributed by atoms with Crippen molar-refractivity contribution in [2.24, 2.45) is 0 Å². The van der Waals surface area contributed by atoms with E-state index in [0.717, 1.165) is 13.0 Å². The van der Waals surface area contributed by atoms with Gasteiger partial charge in [-0.05, 0) is 19.4 Å². The molecule has 0 spiro atoms. The third-order valence-corrected chi connectivity index (χ3v) is 4.74. The van der Waals surface area contributed by atoms with E-state index in [9.17, 15) is 8.42 Å². The maximum Gasteiger partial charge on any atom is 0.215 e. The summed E-state index contributed by atoms with van der Waals surface area (Å²) in [6.07, 6.45) is 1.37. The first kappa shape index (κ1) is 14.8. The maximum absolute atomic E-state index is 12.0. The number of rotatable bonds is 7. The Kier molecular flexibility index (Phi) is 6.35. The van der Waals surface area contributed by atoms with E-state index >= 15 is 0 Å². The van der Waals surface area contributed by atoms with E-state index in [4.69, 9.17) is 9.47 Å². The summed E-state index contributed by atoms with van der Waals surface area (Å²) in [5, 5.41) is 2.76. The minimum atomic E-state index is -3.25. The largest absolute Gasteiger partial charge is 0.382 e. The lowest BCUT2D eigenvalue weighted by atomic mass is 10.2. The Morgan fingerprint density at radius 1 is 1.47 bits per heavy atom. The lowest BCUT2D eigenvalue weighted by Crippen LogP contribution is -2.46. The van der Waals surface area contributed by atoms with Crippen molar-refractivity contribution in [1.29, 1.82) is 0 Å². The average molecular weight is 266 g/mol. The normalized spacial score (nSPS) is 23.5. The fourth-order valence-electron chi connectivity index (χ4n) is 1.81. The number of hydrogen-bond donors (Lipinski definition) is 2. The van der Waals surface area contributed by atoms with Gasteiger partial charge in [0.1, 0.15) is 0 Å². The third-order valence-electron chi connectivity index (χ3n) is 2.89. The Hall–Kier alpha value is -0.210. The minimum absolute atomic E-state index is 0.244. The van der Waals surface area contributed by atoms with Gasteiger partial charge in [0, 0.05) is 27.3 Å². The number of piperidine rings is 1. The van der Waals surface area contributed by atoms with E-state index in [2.05, 4.69) is 10.0 Å². The maximum atomic E-state index is 12.0. The molecule has 0 aliphatic carbocycles. The Morgan fingerprint density at radius 2 is 2.24 bits per heavy atom. The monoisotopic (exact) mass is 266 g/mol. The molecular formula is C10H22N2O4S. The topological polar surface area (TPSA) is 76.7 Å². The van der Waals surface area contributed by atoms with Gasteiger partial charge in [-0.15, -0.1) is 0 Å². The highest BCUT2D eigenvalue weighted by molar-refractivity contribution is 7.90. The second kappa shape index (κ2) is 7.27. The molecule has 6 nitrogen and oxygen atoms in total. The van der Waals surface area contributed by atoms with Crippen LogP contribution in [0.25, 0.3) is 0 Å². The van der Waals surface area contributed by atoms with Crippen molar-refractivity contribution in [3.63, 3.8) is 0 Å². The standard InChI is InChI=1S/C10H22N2O4S/c1-15-8-9(16-2)6-12-17(13,14)10-4-3-5-11-7-10/h9-12H,3-8H2,1-2H3. The summed E-state index contributed by atoms with van der Waals surface area (Å²) < 4.78 is 36.6. The molecule has 1 saturated heterocycles. The molecule has 0 saturated carbocycles. The zero-order valence-corrected chi connectivity index (χ0v) is 11.3. The van der Waals surface area contributed by atoms with Gasteiger partial charge in [-0.25, -0.2) is 13.1 Å². The summed E-state index contributed by atoms with van der Waals surface area (Å²) in [7, 11) is -0.152. The molecule has 17 heavy (non-hydrogen) atoms. The van der Waals surface area contributed by atoms with Crippen LogP contribution in [0.3, 0.4) is 0 Å². The molecule has 7 heteroatoms. The fourth-order valence-corrected chi connectivity index (χ4v) is 3.28. The quantitative estimate of drug-likeness (QED) is 0.638. The second-order valence-electron chi connectivity index (χ2n) is 4.17. The molecule has 1 aliphatic rings. The van der Waals surface area contributed by atoms with Crippen LogP contribution < -0.4 is 10.0 Å². The Morgan fingerprint density at radius 3 is 2.76 bits per heavy atom. The van der Waals surface area contributed by atoms with Gasteiger partial charge in [0.25, 0.3) is 0 Å². The third kappa shape index (κ3) is 4.89. The molecule has 0 amide bonds. The van der Waals surface area contributed by atoms with Gasteiger partial charge >= 0.3 is 0 Å². The molecule has 2 atom stereocenters. The smallest absolute Gasteiger partial charge is 0.215 e. The van der Waals surface area contributed by atoms with Gasteiger partial charge in [0.2, 0.25) is 10.0 Å². The van der Waals surface area contributed by atoms with Crippen molar-refractivity contribution in [2.45, 2.75) is 24.2 Å². The van der Waals surface area contributed by atoms with Crippen LogP contribution in [-0.4, -0.2) is 60.2 Å². The lowest BCUT2D eigenvalue weighted by Gasteiger charge is -2.24. The van der Waals surface area contributed by atoms with Crippen molar-refractivity contribution in [2.75, 3.05) is 40.5 Å². The first-order chi connectivity index (χ1) is 8.10. The zero-order chi connectivity index (χ0) is 12.7. The molecule has 0 aromatic rings. The molecule has 1 fully saturated rings. The van der Waals surface area contributed by atoms with E-state index in [1.807, 2.05) is 0 Å². The van der Waals surface area contributed by atoms with Crippen molar-refractivity contribution in [1.82, 2.24) is 10.0 Å². The summed E-state index contributed by atoms with van der Waals surface area (Å²) in [6, 6.07) is 0. The summed E-state index contributed by atoms with van der Waals surface area (Å²) >= 11 is 0. The number of nitrogens with one attached hydrogen (secondary N) is 2. The van der Waals surface area contributed by atoms with Crippen LogP contribution in [0.4, 0.5) is 0 Å². The lowest BCUT2D eigenvalue weighted by molar-refractivity contribution is 0.0319. The fraction of sp³-hybridized carbons (Fsp3) is 1.00. The number of ether oxygens (including phenoxy) is 2. The van der Waals surface area contributed by atoms with Crippen molar-refractivity contribution < 1.29 is 17.9 Å². The van der Waals surface area contributed by atoms with Crippen LogP contribution >= 0.6 is 0 Å². The van der Waals surface area contributed by atoms with Gasteiger partial charge in [0.15, 0.2) is 0 Å². The molecule has 1 aliphatic heterocycles. The van der Waals surface area contributed by atoms with Gasteiger partial charge in [-0.3, -0.25) is 0 Å². The Balaban J connectivity index is 2.42. The predicted molar refractivity (Wildman–Crippen MR) is 65.5 cm³/mol. The van der Waals surface area contributed by atoms with E-state index in [1.54, 1.807) is 14.2 Å². The molecule has 0 aromatic carbocycles. The molecule has 2 N–H and O–H groups in total. The average Bonchev–Trinajstić information content (AvgIpc) is 2.35. The number of hydrogen-bond acceptors (Lipinski definition) is 5. The summed E-state index contributed by atoms with van der Waals surface area (Å²) in [5.41, 5.74) is 0. The summed E-state index contributed by atoms with van der Waals surface area (Å²) in [4.78, 5) is 0. The Bertz CT molecular complexity index is 301. The van der Waals surface area contributed by atoms with E-state index in [-0.39, 0.29) is 17.9 Å².